The Morgan fingerprint density at radius 2 is 1.15 bits per heavy atom. The van der Waals surface area contributed by atoms with Gasteiger partial charge in [-0.3, -0.25) is 0 Å². The molecule has 0 saturated carbocycles. The lowest BCUT2D eigenvalue weighted by Gasteiger charge is -2.25. The monoisotopic (exact) mass is 444 g/mol. The summed E-state index contributed by atoms with van der Waals surface area (Å²) in [5.74, 6) is 0. The summed E-state index contributed by atoms with van der Waals surface area (Å²) in [5, 5.41) is 21.7. The van der Waals surface area contributed by atoms with Crippen molar-refractivity contribution in [3.05, 3.63) is 108 Å². The first-order chi connectivity index (χ1) is 16.3. The van der Waals surface area contributed by atoms with Crippen molar-refractivity contribution in [1.82, 2.24) is 5.06 Å². The average Bonchev–Trinajstić information content (AvgIpc) is 3.13. The van der Waals surface area contributed by atoms with E-state index in [2.05, 4.69) is 6.07 Å². The summed E-state index contributed by atoms with van der Waals surface area (Å²) in [5.41, 5.74) is 3.04. The van der Waals surface area contributed by atoms with Gasteiger partial charge in [0, 0.05) is 0 Å². The number of nitriles is 1. The summed E-state index contributed by atoms with van der Waals surface area (Å²) in [4.78, 5) is 0. The van der Waals surface area contributed by atoms with Crippen molar-refractivity contribution in [2.24, 2.45) is 0 Å². The molecule has 1 heterocycles. The quantitative estimate of drug-likeness (QED) is 0.501. The fourth-order valence-electron chi connectivity index (χ4n) is 4.01. The lowest BCUT2D eigenvalue weighted by atomic mass is 10.1. The van der Waals surface area contributed by atoms with Gasteiger partial charge in [-0.1, -0.05) is 91.0 Å². The van der Waals surface area contributed by atoms with E-state index in [4.69, 9.17) is 14.2 Å². The molecule has 3 aromatic carbocycles. The van der Waals surface area contributed by atoms with Crippen LogP contribution in [0.1, 0.15) is 16.7 Å². The predicted octanol–water partition coefficient (Wildman–Crippen LogP) is 4.34. The average molecular weight is 445 g/mol. The molecule has 1 aliphatic rings. The van der Waals surface area contributed by atoms with Gasteiger partial charge in [0.25, 0.3) is 0 Å². The van der Waals surface area contributed by atoms with E-state index in [0.29, 0.717) is 19.8 Å². The van der Waals surface area contributed by atoms with Gasteiger partial charge in [-0.05, 0) is 16.7 Å². The summed E-state index contributed by atoms with van der Waals surface area (Å²) >= 11 is 0. The number of rotatable bonds is 10. The summed E-state index contributed by atoms with van der Waals surface area (Å²) in [7, 11) is 0. The molecular weight excluding hydrogens is 416 g/mol. The molecule has 1 aliphatic heterocycles. The first kappa shape index (κ1) is 23.1. The van der Waals surface area contributed by atoms with E-state index < -0.39 is 24.3 Å². The van der Waals surface area contributed by atoms with Crippen LogP contribution in [0.15, 0.2) is 91.0 Å². The van der Waals surface area contributed by atoms with Gasteiger partial charge < -0.3 is 19.4 Å². The smallest absolute Gasteiger partial charge is 0.151 e. The molecule has 1 N–H and O–H groups in total. The van der Waals surface area contributed by atoms with Crippen LogP contribution < -0.4 is 0 Å². The van der Waals surface area contributed by atoms with E-state index in [1.54, 1.807) is 0 Å². The number of nitrogens with zero attached hydrogens (tertiary/aromatic N) is 2. The highest BCUT2D eigenvalue weighted by molar-refractivity contribution is 5.16. The van der Waals surface area contributed by atoms with Crippen LogP contribution in [-0.2, 0) is 34.0 Å². The number of ether oxygens (including phenoxy) is 3. The van der Waals surface area contributed by atoms with E-state index >= 15 is 0 Å². The number of benzene rings is 3. The molecule has 0 unspecified atom stereocenters. The zero-order valence-corrected chi connectivity index (χ0v) is 18.4. The minimum atomic E-state index is -0.861. The van der Waals surface area contributed by atoms with Crippen molar-refractivity contribution in [2.75, 3.05) is 6.61 Å². The van der Waals surface area contributed by atoms with Crippen molar-refractivity contribution in [3.63, 3.8) is 0 Å². The van der Waals surface area contributed by atoms with Crippen LogP contribution in [0.2, 0.25) is 0 Å². The Morgan fingerprint density at radius 3 is 1.64 bits per heavy atom. The molecule has 6 nitrogen and oxygen atoms in total. The van der Waals surface area contributed by atoms with Crippen LogP contribution in [0.25, 0.3) is 0 Å². The standard InChI is InChI=1S/C27H28N2O4/c28-16-24-26(32-18-22-12-6-2-7-13-22)27(33-19-23-14-8-3-9-15-23)25(29(24)30)20-31-17-21-10-4-1-5-11-21/h1-15,24-27,30H,17-20H2/t24-,25-,26-,27-/m1/s1. The molecule has 170 valence electrons. The minimum absolute atomic E-state index is 0.203. The molecule has 0 radical (unpaired) electrons. The number of hydroxylamine groups is 2. The molecule has 0 aromatic heterocycles. The highest BCUT2D eigenvalue weighted by atomic mass is 16.6. The maximum Gasteiger partial charge on any atom is 0.151 e. The van der Waals surface area contributed by atoms with Crippen LogP contribution in [0.5, 0.6) is 0 Å². The van der Waals surface area contributed by atoms with Gasteiger partial charge >= 0.3 is 0 Å². The molecule has 4 rings (SSSR count). The highest BCUT2D eigenvalue weighted by Crippen LogP contribution is 2.30. The SMILES string of the molecule is N#C[C@@H]1[C@@H](OCc2ccccc2)[C@H](OCc2ccccc2)[C@@H](COCc2ccccc2)N1O. The van der Waals surface area contributed by atoms with E-state index in [0.717, 1.165) is 21.8 Å². The first-order valence-corrected chi connectivity index (χ1v) is 11.1. The second kappa shape index (κ2) is 11.7. The number of hydrogen-bond donors (Lipinski definition) is 1. The molecule has 33 heavy (non-hydrogen) atoms. The van der Waals surface area contributed by atoms with Crippen LogP contribution in [0.3, 0.4) is 0 Å². The zero-order valence-electron chi connectivity index (χ0n) is 18.4. The van der Waals surface area contributed by atoms with Gasteiger partial charge in [0.05, 0.1) is 38.5 Å². The second-order valence-corrected chi connectivity index (χ2v) is 8.04. The van der Waals surface area contributed by atoms with Gasteiger partial charge in [-0.25, -0.2) is 0 Å². The highest BCUT2D eigenvalue weighted by Gasteiger charge is 2.51. The van der Waals surface area contributed by atoms with Gasteiger partial charge in [-0.15, -0.1) is 0 Å². The van der Waals surface area contributed by atoms with Gasteiger partial charge in [0.2, 0.25) is 0 Å². The predicted molar refractivity (Wildman–Crippen MR) is 123 cm³/mol. The third-order valence-corrected chi connectivity index (χ3v) is 5.74. The van der Waals surface area contributed by atoms with E-state index in [-0.39, 0.29) is 6.61 Å². The Labute approximate surface area is 194 Å². The van der Waals surface area contributed by atoms with Crippen molar-refractivity contribution in [3.8, 4) is 6.07 Å². The normalized spacial score (nSPS) is 22.8. The van der Waals surface area contributed by atoms with E-state index in [1.807, 2.05) is 91.0 Å². The van der Waals surface area contributed by atoms with Crippen LogP contribution in [0.4, 0.5) is 0 Å². The largest absolute Gasteiger partial charge is 0.375 e. The Morgan fingerprint density at radius 1 is 0.697 bits per heavy atom. The molecule has 0 bridgehead atoms. The molecule has 6 heteroatoms. The van der Waals surface area contributed by atoms with Crippen LogP contribution in [-0.4, -0.2) is 41.2 Å². The Hall–Kier alpha value is -3.05. The molecule has 1 fully saturated rings. The van der Waals surface area contributed by atoms with Crippen molar-refractivity contribution in [1.29, 1.82) is 5.26 Å². The Kier molecular flexibility index (Phi) is 8.20. The minimum Gasteiger partial charge on any atom is -0.375 e. The lowest BCUT2D eigenvalue weighted by Crippen LogP contribution is -2.40. The topological polar surface area (TPSA) is 75.0 Å². The lowest BCUT2D eigenvalue weighted by molar-refractivity contribution is -0.155. The third kappa shape index (κ3) is 6.05. The van der Waals surface area contributed by atoms with E-state index in [9.17, 15) is 10.5 Å². The van der Waals surface area contributed by atoms with Crippen molar-refractivity contribution in [2.45, 2.75) is 44.1 Å². The third-order valence-electron chi connectivity index (χ3n) is 5.74. The molecule has 0 amide bonds. The summed E-state index contributed by atoms with van der Waals surface area (Å²) in [6.07, 6.45) is -1.17. The van der Waals surface area contributed by atoms with Crippen LogP contribution in [0, 0.1) is 11.3 Å². The van der Waals surface area contributed by atoms with Crippen molar-refractivity contribution >= 4 is 0 Å². The van der Waals surface area contributed by atoms with Gasteiger partial charge in [0.15, 0.2) is 6.04 Å². The Bertz CT molecular complexity index is 1010. The zero-order chi connectivity index (χ0) is 22.9. The van der Waals surface area contributed by atoms with Gasteiger partial charge in [-0.2, -0.15) is 10.3 Å². The summed E-state index contributed by atoms with van der Waals surface area (Å²) in [6, 6.07) is 30.2. The molecule has 0 spiro atoms. The van der Waals surface area contributed by atoms with E-state index in [1.165, 1.54) is 0 Å². The van der Waals surface area contributed by atoms with Crippen molar-refractivity contribution < 1.29 is 19.4 Å². The Balaban J connectivity index is 1.48. The fraction of sp³-hybridized carbons (Fsp3) is 0.296. The summed E-state index contributed by atoms with van der Waals surface area (Å²) in [6.45, 7) is 1.27. The maximum atomic E-state index is 10.9. The number of hydrogen-bond acceptors (Lipinski definition) is 6. The summed E-state index contributed by atoms with van der Waals surface area (Å²) < 4.78 is 18.3. The second-order valence-electron chi connectivity index (χ2n) is 8.04. The molecule has 0 aliphatic carbocycles. The fourth-order valence-corrected chi connectivity index (χ4v) is 4.01. The molecule has 4 atom stereocenters. The maximum absolute atomic E-state index is 10.9. The molecular formula is C27H28N2O4. The first-order valence-electron chi connectivity index (χ1n) is 11.1. The molecule has 1 saturated heterocycles. The van der Waals surface area contributed by atoms with Gasteiger partial charge in [0.1, 0.15) is 12.2 Å². The molecule has 3 aromatic rings. The van der Waals surface area contributed by atoms with Crippen LogP contribution >= 0.6 is 0 Å².